The molecule has 0 saturated carbocycles. The first-order valence-electron chi connectivity index (χ1n) is 5.27. The van der Waals surface area contributed by atoms with Crippen LogP contribution in [0.25, 0.3) is 5.69 Å². The van der Waals surface area contributed by atoms with Crippen LogP contribution in [-0.2, 0) is 0 Å². The molecule has 3 nitrogen and oxygen atoms in total. The number of nitriles is 1. The predicted octanol–water partition coefficient (Wildman–Crippen LogP) is 3.43. The van der Waals surface area contributed by atoms with Crippen molar-refractivity contribution < 1.29 is 0 Å². The molecular formula is C13H12BrN3. The largest absolute Gasteiger partial charge is 0.236 e. The molecule has 86 valence electrons. The van der Waals surface area contributed by atoms with Gasteiger partial charge in [-0.05, 0) is 38.5 Å². The van der Waals surface area contributed by atoms with Crippen LogP contribution in [0.2, 0.25) is 0 Å². The molecular weight excluding hydrogens is 278 g/mol. The van der Waals surface area contributed by atoms with Crippen molar-refractivity contribution in [3.63, 3.8) is 0 Å². The lowest BCUT2D eigenvalue weighted by Gasteiger charge is -2.06. The molecule has 0 bridgehead atoms. The van der Waals surface area contributed by atoms with Crippen molar-refractivity contribution in [2.75, 3.05) is 0 Å². The Balaban J connectivity index is 2.62. The van der Waals surface area contributed by atoms with E-state index in [2.05, 4.69) is 27.1 Å². The van der Waals surface area contributed by atoms with Crippen molar-refractivity contribution in [3.8, 4) is 11.8 Å². The lowest BCUT2D eigenvalue weighted by Crippen LogP contribution is -1.99. The quantitative estimate of drug-likeness (QED) is 0.807. The minimum atomic E-state index is 0.654. The molecule has 2 rings (SSSR count). The number of aryl methyl sites for hydroxylation is 2. The zero-order valence-corrected chi connectivity index (χ0v) is 11.5. The topological polar surface area (TPSA) is 41.6 Å². The second kappa shape index (κ2) is 4.34. The molecule has 0 spiro atoms. The van der Waals surface area contributed by atoms with E-state index in [0.29, 0.717) is 5.56 Å². The third kappa shape index (κ3) is 1.98. The zero-order chi connectivity index (χ0) is 12.6. The summed E-state index contributed by atoms with van der Waals surface area (Å²) in [7, 11) is 0. The van der Waals surface area contributed by atoms with Crippen LogP contribution in [0.5, 0.6) is 0 Å². The smallest absolute Gasteiger partial charge is 0.103 e. The Hall–Kier alpha value is -1.60. The fraction of sp³-hybridized carbons (Fsp3) is 0.231. The van der Waals surface area contributed by atoms with E-state index in [1.807, 2.05) is 39.0 Å². The SMILES string of the molecule is Cc1ccc(-n2nc(C)c(C#N)c2C)cc1Br. The van der Waals surface area contributed by atoms with Crippen molar-refractivity contribution in [2.24, 2.45) is 0 Å². The Bertz CT molecular complexity index is 620. The molecule has 0 aliphatic heterocycles. The summed E-state index contributed by atoms with van der Waals surface area (Å²) in [6, 6.07) is 8.22. The number of benzene rings is 1. The monoisotopic (exact) mass is 289 g/mol. The maximum atomic E-state index is 9.05. The lowest BCUT2D eigenvalue weighted by atomic mass is 10.2. The number of halogens is 1. The number of aromatic nitrogens is 2. The van der Waals surface area contributed by atoms with Crippen molar-refractivity contribution in [1.29, 1.82) is 5.26 Å². The van der Waals surface area contributed by atoms with Gasteiger partial charge in [0.05, 0.1) is 22.6 Å². The van der Waals surface area contributed by atoms with Gasteiger partial charge in [-0.1, -0.05) is 22.0 Å². The van der Waals surface area contributed by atoms with Crippen molar-refractivity contribution >= 4 is 15.9 Å². The fourth-order valence-corrected chi connectivity index (χ4v) is 2.14. The van der Waals surface area contributed by atoms with Crippen LogP contribution in [0.3, 0.4) is 0 Å². The predicted molar refractivity (Wildman–Crippen MR) is 70.2 cm³/mol. The van der Waals surface area contributed by atoms with Crippen LogP contribution in [0.15, 0.2) is 22.7 Å². The van der Waals surface area contributed by atoms with E-state index in [1.165, 1.54) is 5.56 Å². The summed E-state index contributed by atoms with van der Waals surface area (Å²) in [6.07, 6.45) is 0. The standard InChI is InChI=1S/C13H12BrN3/c1-8-4-5-11(6-13(8)14)17-10(3)12(7-15)9(2)16-17/h4-6H,1-3H3. The molecule has 0 radical (unpaired) electrons. The molecule has 1 aromatic carbocycles. The van der Waals surface area contributed by atoms with Gasteiger partial charge in [0, 0.05) is 4.47 Å². The molecule has 0 N–H and O–H groups in total. The Morgan fingerprint density at radius 3 is 2.53 bits per heavy atom. The van der Waals surface area contributed by atoms with E-state index >= 15 is 0 Å². The van der Waals surface area contributed by atoms with Crippen molar-refractivity contribution in [3.05, 3.63) is 45.2 Å². The van der Waals surface area contributed by atoms with Gasteiger partial charge >= 0.3 is 0 Å². The van der Waals surface area contributed by atoms with Crippen LogP contribution in [0, 0.1) is 32.1 Å². The Kier molecular flexibility index (Phi) is 3.03. The minimum absolute atomic E-state index is 0.654. The van der Waals surface area contributed by atoms with Gasteiger partial charge in [0.15, 0.2) is 0 Å². The van der Waals surface area contributed by atoms with Crippen molar-refractivity contribution in [2.45, 2.75) is 20.8 Å². The van der Waals surface area contributed by atoms with Gasteiger partial charge in [-0.25, -0.2) is 4.68 Å². The van der Waals surface area contributed by atoms with E-state index in [0.717, 1.165) is 21.5 Å². The molecule has 1 heterocycles. The maximum Gasteiger partial charge on any atom is 0.103 e. The molecule has 0 unspecified atom stereocenters. The normalized spacial score (nSPS) is 10.3. The van der Waals surface area contributed by atoms with Crippen LogP contribution in [-0.4, -0.2) is 9.78 Å². The summed E-state index contributed by atoms with van der Waals surface area (Å²) in [5.41, 5.74) is 4.43. The second-order valence-electron chi connectivity index (χ2n) is 4.00. The molecule has 4 heteroatoms. The first-order chi connectivity index (χ1) is 8.04. The van der Waals surface area contributed by atoms with Crippen LogP contribution in [0.1, 0.15) is 22.5 Å². The summed E-state index contributed by atoms with van der Waals surface area (Å²) in [6.45, 7) is 5.80. The molecule has 0 amide bonds. The van der Waals surface area contributed by atoms with E-state index in [4.69, 9.17) is 5.26 Å². The Labute approximate surface area is 109 Å². The summed E-state index contributed by atoms with van der Waals surface area (Å²) in [4.78, 5) is 0. The van der Waals surface area contributed by atoms with Gasteiger partial charge in [0.1, 0.15) is 6.07 Å². The highest BCUT2D eigenvalue weighted by atomic mass is 79.9. The summed E-state index contributed by atoms with van der Waals surface area (Å²) in [5.74, 6) is 0. The minimum Gasteiger partial charge on any atom is -0.236 e. The van der Waals surface area contributed by atoms with E-state index < -0.39 is 0 Å². The van der Waals surface area contributed by atoms with Gasteiger partial charge in [-0.3, -0.25) is 0 Å². The average molecular weight is 290 g/mol. The van der Waals surface area contributed by atoms with Gasteiger partial charge in [-0.2, -0.15) is 10.4 Å². The molecule has 17 heavy (non-hydrogen) atoms. The van der Waals surface area contributed by atoms with Crippen LogP contribution < -0.4 is 0 Å². The summed E-state index contributed by atoms with van der Waals surface area (Å²) < 4.78 is 2.85. The fourth-order valence-electron chi connectivity index (χ4n) is 1.77. The third-order valence-electron chi connectivity index (χ3n) is 2.80. The summed E-state index contributed by atoms with van der Waals surface area (Å²) in [5, 5.41) is 13.4. The average Bonchev–Trinajstić information content (AvgIpc) is 2.58. The van der Waals surface area contributed by atoms with E-state index in [9.17, 15) is 0 Å². The molecule has 0 aliphatic rings. The molecule has 0 aliphatic carbocycles. The number of hydrogen-bond acceptors (Lipinski definition) is 2. The highest BCUT2D eigenvalue weighted by Crippen LogP contribution is 2.22. The number of rotatable bonds is 1. The Morgan fingerprint density at radius 1 is 1.29 bits per heavy atom. The van der Waals surface area contributed by atoms with Gasteiger partial charge in [-0.15, -0.1) is 0 Å². The number of hydrogen-bond donors (Lipinski definition) is 0. The van der Waals surface area contributed by atoms with Gasteiger partial charge in [0.2, 0.25) is 0 Å². The maximum absolute atomic E-state index is 9.05. The highest BCUT2D eigenvalue weighted by molar-refractivity contribution is 9.10. The first-order valence-corrected chi connectivity index (χ1v) is 6.06. The second-order valence-corrected chi connectivity index (χ2v) is 4.86. The molecule has 0 fully saturated rings. The van der Waals surface area contributed by atoms with Gasteiger partial charge in [0.25, 0.3) is 0 Å². The highest BCUT2D eigenvalue weighted by Gasteiger charge is 2.12. The Morgan fingerprint density at radius 2 is 2.00 bits per heavy atom. The van der Waals surface area contributed by atoms with Crippen LogP contribution in [0.4, 0.5) is 0 Å². The zero-order valence-electron chi connectivity index (χ0n) is 9.95. The first kappa shape index (κ1) is 11.9. The van der Waals surface area contributed by atoms with E-state index in [1.54, 1.807) is 4.68 Å². The molecule has 2 aromatic rings. The van der Waals surface area contributed by atoms with Gasteiger partial charge < -0.3 is 0 Å². The van der Waals surface area contributed by atoms with E-state index in [-0.39, 0.29) is 0 Å². The number of nitrogens with zero attached hydrogens (tertiary/aromatic N) is 3. The lowest BCUT2D eigenvalue weighted by molar-refractivity contribution is 0.832. The summed E-state index contributed by atoms with van der Waals surface area (Å²) >= 11 is 3.50. The van der Waals surface area contributed by atoms with Crippen molar-refractivity contribution in [1.82, 2.24) is 9.78 Å². The van der Waals surface area contributed by atoms with Crippen LogP contribution >= 0.6 is 15.9 Å². The third-order valence-corrected chi connectivity index (χ3v) is 3.66. The molecule has 0 atom stereocenters. The molecule has 1 aromatic heterocycles. The molecule has 0 saturated heterocycles.